The molecule has 21 heavy (non-hydrogen) atoms. The molecule has 8 heteroatoms. The highest BCUT2D eigenvalue weighted by Gasteiger charge is 2.17. The monoisotopic (exact) mass is 295 g/mol. The Morgan fingerprint density at radius 1 is 1.38 bits per heavy atom. The summed E-state index contributed by atoms with van der Waals surface area (Å²) in [6.07, 6.45) is 4.97. The minimum absolute atomic E-state index is 0.0208. The quantitative estimate of drug-likeness (QED) is 0.764. The van der Waals surface area contributed by atoms with Crippen LogP contribution in [0.15, 0.2) is 6.20 Å². The minimum atomic E-state index is -1.15. The van der Waals surface area contributed by atoms with Gasteiger partial charge in [-0.15, -0.1) is 5.10 Å². The van der Waals surface area contributed by atoms with Crippen LogP contribution in [0, 0.1) is 0 Å². The normalized spacial score (nSPS) is 17.4. The summed E-state index contributed by atoms with van der Waals surface area (Å²) in [7, 11) is 0. The fraction of sp³-hybridized carbons (Fsp3) is 0.692. The molecule has 0 radical (unpaired) electrons. The SMILES string of the molecule is CC(CNC(=O)Cn1cc(C(=O)O)nn1)N1CCCCC1. The average Bonchev–Trinajstić information content (AvgIpc) is 2.94. The number of hydrogen-bond acceptors (Lipinski definition) is 5. The number of piperidine rings is 1. The summed E-state index contributed by atoms with van der Waals surface area (Å²) in [5, 5.41) is 18.7. The van der Waals surface area contributed by atoms with Crippen LogP contribution in [0.3, 0.4) is 0 Å². The molecule has 1 amide bonds. The van der Waals surface area contributed by atoms with Crippen LogP contribution in [0.25, 0.3) is 0 Å². The number of amides is 1. The number of carbonyl (C=O) groups is 2. The van der Waals surface area contributed by atoms with E-state index in [9.17, 15) is 9.59 Å². The van der Waals surface area contributed by atoms with E-state index in [2.05, 4.69) is 27.5 Å². The van der Waals surface area contributed by atoms with Crippen LogP contribution in [0.5, 0.6) is 0 Å². The number of carboxylic acids is 1. The molecule has 1 aliphatic rings. The zero-order valence-electron chi connectivity index (χ0n) is 12.2. The van der Waals surface area contributed by atoms with Gasteiger partial charge in [-0.1, -0.05) is 11.6 Å². The second-order valence-electron chi connectivity index (χ2n) is 5.36. The molecule has 0 aliphatic carbocycles. The lowest BCUT2D eigenvalue weighted by Crippen LogP contribution is -2.45. The van der Waals surface area contributed by atoms with Crippen LogP contribution in [-0.2, 0) is 11.3 Å². The molecule has 1 aliphatic heterocycles. The zero-order chi connectivity index (χ0) is 15.2. The standard InChI is InChI=1S/C13H21N5O3/c1-10(17-5-3-2-4-6-17)7-14-12(19)9-18-8-11(13(20)21)15-16-18/h8,10H,2-7,9H2,1H3,(H,14,19)(H,20,21). The molecule has 0 saturated carbocycles. The highest BCUT2D eigenvalue weighted by molar-refractivity contribution is 5.84. The topological polar surface area (TPSA) is 100 Å². The van der Waals surface area contributed by atoms with Gasteiger partial charge >= 0.3 is 5.97 Å². The highest BCUT2D eigenvalue weighted by atomic mass is 16.4. The Bertz CT molecular complexity index is 496. The Balaban J connectivity index is 1.74. The van der Waals surface area contributed by atoms with Crippen molar-refractivity contribution in [2.75, 3.05) is 19.6 Å². The molecule has 1 atom stereocenters. The third kappa shape index (κ3) is 4.52. The van der Waals surface area contributed by atoms with Crippen LogP contribution in [0.2, 0.25) is 0 Å². The van der Waals surface area contributed by atoms with Gasteiger partial charge in [-0.25, -0.2) is 9.48 Å². The van der Waals surface area contributed by atoms with Crippen molar-refractivity contribution in [1.82, 2.24) is 25.2 Å². The van der Waals surface area contributed by atoms with Crippen molar-refractivity contribution >= 4 is 11.9 Å². The Labute approximate surface area is 123 Å². The van der Waals surface area contributed by atoms with Gasteiger partial charge in [0.2, 0.25) is 5.91 Å². The Morgan fingerprint density at radius 3 is 2.71 bits per heavy atom. The number of rotatable bonds is 6. The molecule has 8 nitrogen and oxygen atoms in total. The number of aromatic nitrogens is 3. The predicted molar refractivity (Wildman–Crippen MR) is 74.9 cm³/mol. The first-order chi connectivity index (χ1) is 10.1. The second-order valence-corrected chi connectivity index (χ2v) is 5.36. The van der Waals surface area contributed by atoms with Gasteiger partial charge in [0.25, 0.3) is 0 Å². The summed E-state index contributed by atoms with van der Waals surface area (Å²) in [5.41, 5.74) is -0.163. The summed E-state index contributed by atoms with van der Waals surface area (Å²) < 4.78 is 1.23. The Morgan fingerprint density at radius 2 is 2.10 bits per heavy atom. The number of carbonyl (C=O) groups excluding carboxylic acids is 1. The molecule has 2 heterocycles. The van der Waals surface area contributed by atoms with Gasteiger partial charge in [-0.3, -0.25) is 9.69 Å². The van der Waals surface area contributed by atoms with Crippen molar-refractivity contribution in [3.8, 4) is 0 Å². The number of nitrogens with one attached hydrogen (secondary N) is 1. The van der Waals surface area contributed by atoms with Crippen molar-refractivity contribution in [2.45, 2.75) is 38.8 Å². The molecule has 1 aromatic heterocycles. The second kappa shape index (κ2) is 7.16. The number of carboxylic acid groups (broad SMARTS) is 1. The van der Waals surface area contributed by atoms with E-state index in [0.717, 1.165) is 13.1 Å². The van der Waals surface area contributed by atoms with E-state index in [1.165, 1.54) is 30.1 Å². The van der Waals surface area contributed by atoms with Crippen LogP contribution >= 0.6 is 0 Å². The number of nitrogens with zero attached hydrogens (tertiary/aromatic N) is 4. The fourth-order valence-electron chi connectivity index (χ4n) is 2.43. The first-order valence-electron chi connectivity index (χ1n) is 7.20. The van der Waals surface area contributed by atoms with Gasteiger partial charge in [0.1, 0.15) is 6.54 Å². The van der Waals surface area contributed by atoms with Crippen molar-refractivity contribution < 1.29 is 14.7 Å². The van der Waals surface area contributed by atoms with E-state index < -0.39 is 5.97 Å². The smallest absolute Gasteiger partial charge is 0.358 e. The van der Waals surface area contributed by atoms with Crippen LogP contribution in [0.1, 0.15) is 36.7 Å². The molecular formula is C13H21N5O3. The molecule has 2 N–H and O–H groups in total. The van der Waals surface area contributed by atoms with Crippen molar-refractivity contribution in [2.24, 2.45) is 0 Å². The molecule has 116 valence electrons. The molecule has 1 saturated heterocycles. The van der Waals surface area contributed by atoms with Gasteiger partial charge in [0.15, 0.2) is 5.69 Å². The molecule has 2 rings (SSSR count). The van der Waals surface area contributed by atoms with Crippen molar-refractivity contribution in [1.29, 1.82) is 0 Å². The third-order valence-electron chi connectivity index (χ3n) is 3.67. The maximum atomic E-state index is 11.8. The van der Waals surface area contributed by atoms with Crippen LogP contribution in [0.4, 0.5) is 0 Å². The largest absolute Gasteiger partial charge is 0.476 e. The van der Waals surface area contributed by atoms with Crippen molar-refractivity contribution in [3.63, 3.8) is 0 Å². The van der Waals surface area contributed by atoms with Crippen LogP contribution < -0.4 is 5.32 Å². The molecule has 1 unspecified atom stereocenters. The number of likely N-dealkylation sites (tertiary alicyclic amines) is 1. The van der Waals surface area contributed by atoms with Gasteiger partial charge < -0.3 is 10.4 Å². The summed E-state index contributed by atoms with van der Waals surface area (Å²) in [5.74, 6) is -1.35. The van der Waals surface area contributed by atoms with E-state index in [1.54, 1.807) is 0 Å². The molecule has 0 bridgehead atoms. The maximum Gasteiger partial charge on any atom is 0.358 e. The first kappa shape index (κ1) is 15.4. The third-order valence-corrected chi connectivity index (χ3v) is 3.67. The summed E-state index contributed by atoms with van der Waals surface area (Å²) in [4.78, 5) is 24.9. The number of hydrogen-bond donors (Lipinski definition) is 2. The minimum Gasteiger partial charge on any atom is -0.476 e. The Kier molecular flexibility index (Phi) is 5.26. The number of aromatic carboxylic acids is 1. The van der Waals surface area contributed by atoms with E-state index >= 15 is 0 Å². The van der Waals surface area contributed by atoms with Gasteiger partial charge in [0.05, 0.1) is 6.20 Å². The van der Waals surface area contributed by atoms with Gasteiger partial charge in [-0.2, -0.15) is 0 Å². The van der Waals surface area contributed by atoms with E-state index in [-0.39, 0.29) is 18.1 Å². The molecule has 1 aromatic rings. The van der Waals surface area contributed by atoms with Gasteiger partial charge in [-0.05, 0) is 32.9 Å². The lowest BCUT2D eigenvalue weighted by Gasteiger charge is -2.32. The van der Waals surface area contributed by atoms with E-state index in [0.29, 0.717) is 12.6 Å². The molecule has 1 fully saturated rings. The summed E-state index contributed by atoms with van der Waals surface area (Å²) in [6.45, 7) is 4.83. The van der Waals surface area contributed by atoms with Crippen molar-refractivity contribution in [3.05, 3.63) is 11.9 Å². The summed E-state index contributed by atoms with van der Waals surface area (Å²) >= 11 is 0. The van der Waals surface area contributed by atoms with E-state index in [1.807, 2.05) is 0 Å². The van der Waals surface area contributed by atoms with Crippen LogP contribution in [-0.4, -0.2) is 62.6 Å². The lowest BCUT2D eigenvalue weighted by molar-refractivity contribution is -0.122. The zero-order valence-corrected chi connectivity index (χ0v) is 12.2. The highest BCUT2D eigenvalue weighted by Crippen LogP contribution is 2.11. The Hall–Kier alpha value is -1.96. The average molecular weight is 295 g/mol. The van der Waals surface area contributed by atoms with Gasteiger partial charge in [0, 0.05) is 12.6 Å². The molecule has 0 spiro atoms. The van der Waals surface area contributed by atoms with E-state index in [4.69, 9.17) is 5.11 Å². The lowest BCUT2D eigenvalue weighted by atomic mass is 10.1. The molecular weight excluding hydrogens is 274 g/mol. The maximum absolute atomic E-state index is 11.8. The predicted octanol–water partition coefficient (Wildman–Crippen LogP) is -0.0331. The molecule has 0 aromatic carbocycles. The summed E-state index contributed by atoms with van der Waals surface area (Å²) in [6, 6.07) is 0.305. The first-order valence-corrected chi connectivity index (χ1v) is 7.20. The fourth-order valence-corrected chi connectivity index (χ4v) is 2.43.